The molecule has 0 aromatic rings. The molecule has 3 atom stereocenters. The van der Waals surface area contributed by atoms with Crippen LogP contribution < -0.4 is 5.32 Å². The molecule has 0 unspecified atom stereocenters. The third-order valence-corrected chi connectivity index (χ3v) is 2.98. The van der Waals surface area contributed by atoms with Crippen molar-refractivity contribution in [2.24, 2.45) is 0 Å². The largest absolute Gasteiger partial charge is 0.458 e. The molecule has 1 amide bonds. The number of ether oxygens (including phenoxy) is 3. The zero-order valence-electron chi connectivity index (χ0n) is 12.9. The van der Waals surface area contributed by atoms with Crippen molar-refractivity contribution in [3.8, 4) is 0 Å². The highest BCUT2D eigenvalue weighted by molar-refractivity contribution is 9.09. The van der Waals surface area contributed by atoms with Gasteiger partial charge in [-0.05, 0) is 6.92 Å². The maximum atomic E-state index is 12.1. The van der Waals surface area contributed by atoms with E-state index in [2.05, 4.69) is 21.2 Å². The van der Waals surface area contributed by atoms with Crippen LogP contribution in [0.3, 0.4) is 0 Å². The molecule has 0 aromatic heterocycles. The summed E-state index contributed by atoms with van der Waals surface area (Å²) in [5.41, 5.74) is 0. The number of rotatable bonds is 8. The van der Waals surface area contributed by atoms with Gasteiger partial charge in [-0.1, -0.05) is 15.9 Å². The van der Waals surface area contributed by atoms with Crippen LogP contribution in [0.25, 0.3) is 0 Å². The zero-order chi connectivity index (χ0) is 17.3. The third kappa shape index (κ3) is 7.39. The Morgan fingerprint density at radius 2 is 1.45 bits per heavy atom. The number of halogens is 1. The molecule has 0 radical (unpaired) electrons. The Hall–Kier alpha value is -1.64. The smallest absolute Gasteiger partial charge is 0.303 e. The van der Waals surface area contributed by atoms with E-state index in [1.807, 2.05) is 0 Å². The molecule has 0 saturated heterocycles. The zero-order valence-corrected chi connectivity index (χ0v) is 14.5. The highest BCUT2D eigenvalue weighted by Crippen LogP contribution is 2.16. The molecule has 1 N–H and O–H groups in total. The summed E-state index contributed by atoms with van der Waals surface area (Å²) in [6, 6.07) is 0. The fourth-order valence-electron chi connectivity index (χ4n) is 1.65. The number of nitrogens with one attached hydrogen (secondary N) is 1. The summed E-state index contributed by atoms with van der Waals surface area (Å²) in [6.07, 6.45) is -3.69. The molecule has 22 heavy (non-hydrogen) atoms. The average molecular weight is 382 g/mol. The van der Waals surface area contributed by atoms with Gasteiger partial charge in [-0.3, -0.25) is 19.2 Å². The molecule has 9 heteroatoms. The number of amides is 1. The predicted molar refractivity (Wildman–Crippen MR) is 79.1 cm³/mol. The van der Waals surface area contributed by atoms with Crippen molar-refractivity contribution in [3.05, 3.63) is 0 Å². The summed E-state index contributed by atoms with van der Waals surface area (Å²) in [4.78, 5) is 45.7. The van der Waals surface area contributed by atoms with Gasteiger partial charge in [-0.25, -0.2) is 0 Å². The van der Waals surface area contributed by atoms with Gasteiger partial charge >= 0.3 is 17.9 Å². The first-order valence-corrected chi connectivity index (χ1v) is 7.70. The minimum absolute atomic E-state index is 0.0850. The van der Waals surface area contributed by atoms with E-state index >= 15 is 0 Å². The summed E-state index contributed by atoms with van der Waals surface area (Å²) < 4.78 is 15.0. The summed E-state index contributed by atoms with van der Waals surface area (Å²) in [5.74, 6) is -2.71. The molecular formula is C13H20BrNO7. The molecule has 0 spiro atoms. The molecule has 0 heterocycles. The Kier molecular flexibility index (Phi) is 9.39. The number of esters is 3. The average Bonchev–Trinajstić information content (AvgIpc) is 2.39. The second-order valence-corrected chi connectivity index (χ2v) is 4.95. The van der Waals surface area contributed by atoms with Gasteiger partial charge in [0, 0.05) is 32.6 Å². The van der Waals surface area contributed by atoms with Crippen LogP contribution in [0.15, 0.2) is 0 Å². The molecule has 0 saturated carbocycles. The van der Waals surface area contributed by atoms with Crippen LogP contribution in [0.1, 0.15) is 27.7 Å². The van der Waals surface area contributed by atoms with Crippen LogP contribution in [0.2, 0.25) is 0 Å². The van der Waals surface area contributed by atoms with Gasteiger partial charge < -0.3 is 19.5 Å². The van der Waals surface area contributed by atoms with Crippen molar-refractivity contribution >= 4 is 39.7 Å². The Balaban J connectivity index is 5.50. The molecular weight excluding hydrogens is 362 g/mol. The van der Waals surface area contributed by atoms with E-state index < -0.39 is 42.1 Å². The van der Waals surface area contributed by atoms with Crippen LogP contribution in [-0.4, -0.2) is 54.0 Å². The number of hydrogen-bond donors (Lipinski definition) is 1. The SMILES string of the molecule is CCNC(=O)[C@H](OC(C)=O)[C@H](OC(C)=O)[C@@H](CBr)OC(C)=O. The lowest BCUT2D eigenvalue weighted by atomic mass is 10.1. The van der Waals surface area contributed by atoms with Crippen molar-refractivity contribution in [3.63, 3.8) is 0 Å². The fraction of sp³-hybridized carbons (Fsp3) is 0.692. The van der Waals surface area contributed by atoms with Crippen LogP contribution in [0, 0.1) is 0 Å². The van der Waals surface area contributed by atoms with Gasteiger partial charge in [0.1, 0.15) is 0 Å². The van der Waals surface area contributed by atoms with E-state index in [0.717, 1.165) is 13.8 Å². The maximum absolute atomic E-state index is 12.1. The van der Waals surface area contributed by atoms with Crippen LogP contribution in [0.4, 0.5) is 0 Å². The molecule has 0 aliphatic heterocycles. The Morgan fingerprint density at radius 3 is 1.82 bits per heavy atom. The van der Waals surface area contributed by atoms with E-state index in [1.165, 1.54) is 6.92 Å². The van der Waals surface area contributed by atoms with E-state index in [4.69, 9.17) is 14.2 Å². The number of alkyl halides is 1. The minimum Gasteiger partial charge on any atom is -0.458 e. The van der Waals surface area contributed by atoms with Gasteiger partial charge in [-0.2, -0.15) is 0 Å². The Labute approximate surface area is 137 Å². The Morgan fingerprint density at radius 1 is 0.955 bits per heavy atom. The predicted octanol–water partition coefficient (Wildman–Crippen LogP) is 0.312. The molecule has 0 rings (SSSR count). The van der Waals surface area contributed by atoms with Crippen LogP contribution in [0.5, 0.6) is 0 Å². The van der Waals surface area contributed by atoms with Gasteiger partial charge in [-0.15, -0.1) is 0 Å². The van der Waals surface area contributed by atoms with Crippen molar-refractivity contribution in [1.29, 1.82) is 0 Å². The van der Waals surface area contributed by atoms with Crippen LogP contribution in [-0.2, 0) is 33.4 Å². The second-order valence-electron chi connectivity index (χ2n) is 4.30. The molecule has 0 fully saturated rings. The molecule has 0 aromatic carbocycles. The fourth-order valence-corrected chi connectivity index (χ4v) is 2.15. The van der Waals surface area contributed by atoms with Crippen molar-refractivity contribution in [2.75, 3.05) is 11.9 Å². The monoisotopic (exact) mass is 381 g/mol. The van der Waals surface area contributed by atoms with Crippen LogP contribution >= 0.6 is 15.9 Å². The van der Waals surface area contributed by atoms with Gasteiger partial charge in [0.05, 0.1) is 0 Å². The molecule has 0 bridgehead atoms. The molecule has 0 aliphatic carbocycles. The summed E-state index contributed by atoms with van der Waals surface area (Å²) in [5, 5.41) is 2.56. The quantitative estimate of drug-likeness (QED) is 0.366. The van der Waals surface area contributed by atoms with E-state index in [9.17, 15) is 19.2 Å². The van der Waals surface area contributed by atoms with E-state index in [0.29, 0.717) is 0 Å². The van der Waals surface area contributed by atoms with Crippen molar-refractivity contribution in [2.45, 2.75) is 46.0 Å². The minimum atomic E-state index is -1.43. The first kappa shape index (κ1) is 20.4. The number of carbonyl (C=O) groups excluding carboxylic acids is 4. The lowest BCUT2D eigenvalue weighted by Gasteiger charge is -2.30. The number of likely N-dealkylation sites (N-methyl/N-ethyl adjacent to an activating group) is 1. The third-order valence-electron chi connectivity index (χ3n) is 2.34. The summed E-state index contributed by atoms with van der Waals surface area (Å²) >= 11 is 3.12. The number of carbonyl (C=O) groups is 4. The summed E-state index contributed by atoms with van der Waals surface area (Å²) in [7, 11) is 0. The normalized spacial score (nSPS) is 14.2. The van der Waals surface area contributed by atoms with Crippen molar-refractivity contribution < 1.29 is 33.4 Å². The lowest BCUT2D eigenvalue weighted by molar-refractivity contribution is -0.183. The highest BCUT2D eigenvalue weighted by atomic mass is 79.9. The van der Waals surface area contributed by atoms with Gasteiger partial charge in [0.2, 0.25) is 6.10 Å². The molecule has 0 aliphatic rings. The molecule has 8 nitrogen and oxygen atoms in total. The van der Waals surface area contributed by atoms with E-state index in [-0.39, 0.29) is 11.9 Å². The highest BCUT2D eigenvalue weighted by Gasteiger charge is 2.40. The van der Waals surface area contributed by atoms with Gasteiger partial charge in [0.15, 0.2) is 12.2 Å². The number of hydrogen-bond acceptors (Lipinski definition) is 7. The van der Waals surface area contributed by atoms with Gasteiger partial charge in [0.25, 0.3) is 5.91 Å². The standard InChI is InChI=1S/C13H20BrNO7/c1-5-15-13(19)12(22-9(4)18)11(21-8(3)17)10(6-14)20-7(2)16/h10-12H,5-6H2,1-4H3,(H,15,19)/t10-,11-,12-/m1/s1. The lowest BCUT2D eigenvalue weighted by Crippen LogP contribution is -2.52. The second kappa shape index (κ2) is 10.1. The molecule has 126 valence electrons. The summed E-state index contributed by atoms with van der Waals surface area (Å²) in [6.45, 7) is 5.39. The first-order chi connectivity index (χ1) is 10.2. The topological polar surface area (TPSA) is 108 Å². The van der Waals surface area contributed by atoms with Crippen molar-refractivity contribution in [1.82, 2.24) is 5.32 Å². The van der Waals surface area contributed by atoms with E-state index in [1.54, 1.807) is 6.92 Å². The maximum Gasteiger partial charge on any atom is 0.303 e. The Bertz CT molecular complexity index is 427. The first-order valence-electron chi connectivity index (χ1n) is 6.58.